The quantitative estimate of drug-likeness (QED) is 0.588. The van der Waals surface area contributed by atoms with Gasteiger partial charge < -0.3 is 5.32 Å². The van der Waals surface area contributed by atoms with Gasteiger partial charge in [-0.3, -0.25) is 0 Å². The van der Waals surface area contributed by atoms with Crippen molar-refractivity contribution in [2.45, 2.75) is 32.6 Å². The molecule has 0 amide bonds. The fraction of sp³-hybridized carbons (Fsp3) is 0.818. The van der Waals surface area contributed by atoms with Gasteiger partial charge in [0.25, 0.3) is 0 Å². The van der Waals surface area contributed by atoms with Crippen LogP contribution in [-0.2, 0) is 0 Å². The minimum Gasteiger partial charge on any atom is -0.309 e. The standard InChI is InChI=1S/C11H19N/c1-9-2-4-10(5-3-9)6-11-7-12-8-11/h6,9-10,12H,2-5,7-8H2,1H3. The number of nitrogens with one attached hydrogen (secondary N) is 1. The summed E-state index contributed by atoms with van der Waals surface area (Å²) in [4.78, 5) is 0. The van der Waals surface area contributed by atoms with Crippen molar-refractivity contribution in [1.82, 2.24) is 5.32 Å². The van der Waals surface area contributed by atoms with E-state index in [9.17, 15) is 0 Å². The lowest BCUT2D eigenvalue weighted by atomic mass is 9.82. The molecule has 68 valence electrons. The van der Waals surface area contributed by atoms with E-state index in [-0.39, 0.29) is 0 Å². The highest BCUT2D eigenvalue weighted by atomic mass is 14.9. The fourth-order valence-corrected chi connectivity index (χ4v) is 2.17. The molecule has 1 heterocycles. The van der Waals surface area contributed by atoms with Crippen LogP contribution in [0.1, 0.15) is 32.6 Å². The highest BCUT2D eigenvalue weighted by Gasteiger charge is 2.18. The average molecular weight is 165 g/mol. The average Bonchev–Trinajstić information content (AvgIpc) is 2.00. The molecule has 2 fully saturated rings. The van der Waals surface area contributed by atoms with Gasteiger partial charge in [-0.2, -0.15) is 0 Å². The van der Waals surface area contributed by atoms with E-state index in [1.807, 2.05) is 0 Å². The smallest absolute Gasteiger partial charge is 0.0180 e. The molecule has 1 saturated heterocycles. The molecule has 0 radical (unpaired) electrons. The summed E-state index contributed by atoms with van der Waals surface area (Å²) in [7, 11) is 0. The molecule has 1 aliphatic carbocycles. The zero-order valence-corrected chi connectivity index (χ0v) is 7.97. The molecule has 12 heavy (non-hydrogen) atoms. The Bertz CT molecular complexity index is 169. The van der Waals surface area contributed by atoms with Crippen LogP contribution < -0.4 is 5.32 Å². The zero-order valence-electron chi connectivity index (χ0n) is 7.97. The second kappa shape index (κ2) is 3.61. The lowest BCUT2D eigenvalue weighted by Gasteiger charge is -2.27. The van der Waals surface area contributed by atoms with E-state index in [1.54, 1.807) is 5.57 Å². The van der Waals surface area contributed by atoms with E-state index in [1.165, 1.54) is 25.7 Å². The topological polar surface area (TPSA) is 12.0 Å². The maximum atomic E-state index is 3.29. The Morgan fingerprint density at radius 1 is 1.17 bits per heavy atom. The summed E-state index contributed by atoms with van der Waals surface area (Å²) in [5.74, 6) is 1.90. The molecule has 1 saturated carbocycles. The summed E-state index contributed by atoms with van der Waals surface area (Å²) in [5, 5.41) is 3.29. The highest BCUT2D eigenvalue weighted by Crippen LogP contribution is 2.29. The minimum absolute atomic E-state index is 0.915. The summed E-state index contributed by atoms with van der Waals surface area (Å²) in [6.07, 6.45) is 8.29. The summed E-state index contributed by atoms with van der Waals surface area (Å²) >= 11 is 0. The molecule has 1 nitrogen and oxygen atoms in total. The highest BCUT2D eigenvalue weighted by molar-refractivity contribution is 5.15. The van der Waals surface area contributed by atoms with Crippen LogP contribution in [0, 0.1) is 11.8 Å². The van der Waals surface area contributed by atoms with Crippen molar-refractivity contribution in [3.63, 3.8) is 0 Å². The largest absolute Gasteiger partial charge is 0.309 e. The molecule has 0 unspecified atom stereocenters. The van der Waals surface area contributed by atoms with Gasteiger partial charge in [-0.15, -0.1) is 0 Å². The van der Waals surface area contributed by atoms with Crippen molar-refractivity contribution in [2.24, 2.45) is 11.8 Å². The van der Waals surface area contributed by atoms with Crippen LogP contribution in [0.25, 0.3) is 0 Å². The van der Waals surface area contributed by atoms with Gasteiger partial charge in [-0.1, -0.05) is 25.8 Å². The second-order valence-corrected chi connectivity index (χ2v) is 4.45. The van der Waals surface area contributed by atoms with Crippen LogP contribution >= 0.6 is 0 Å². The third-order valence-electron chi connectivity index (χ3n) is 3.24. The first-order valence-electron chi connectivity index (χ1n) is 5.25. The predicted octanol–water partition coefficient (Wildman–Crippen LogP) is 2.34. The van der Waals surface area contributed by atoms with Gasteiger partial charge in [0.15, 0.2) is 0 Å². The maximum absolute atomic E-state index is 3.29. The second-order valence-electron chi connectivity index (χ2n) is 4.45. The summed E-state index contributed by atoms with van der Waals surface area (Å²) in [6, 6.07) is 0. The van der Waals surface area contributed by atoms with E-state index in [4.69, 9.17) is 0 Å². The van der Waals surface area contributed by atoms with Crippen LogP contribution in [0.3, 0.4) is 0 Å². The molecule has 0 aromatic heterocycles. The van der Waals surface area contributed by atoms with Crippen LogP contribution in [0.5, 0.6) is 0 Å². The molecule has 0 aromatic carbocycles. The first-order chi connectivity index (χ1) is 5.84. The zero-order chi connectivity index (χ0) is 8.39. The molecule has 1 aliphatic heterocycles. The third kappa shape index (κ3) is 1.89. The molecule has 0 aromatic rings. The number of allylic oxidation sites excluding steroid dienone is 1. The predicted molar refractivity (Wildman–Crippen MR) is 52.1 cm³/mol. The summed E-state index contributed by atoms with van der Waals surface area (Å²) in [6.45, 7) is 4.70. The van der Waals surface area contributed by atoms with Gasteiger partial charge in [0.05, 0.1) is 0 Å². The molecule has 1 heteroatoms. The van der Waals surface area contributed by atoms with Crippen LogP contribution in [0.4, 0.5) is 0 Å². The maximum Gasteiger partial charge on any atom is 0.0180 e. The van der Waals surface area contributed by atoms with Crippen molar-refractivity contribution in [1.29, 1.82) is 0 Å². The van der Waals surface area contributed by atoms with E-state index in [0.717, 1.165) is 24.9 Å². The monoisotopic (exact) mass is 165 g/mol. The van der Waals surface area contributed by atoms with Crippen molar-refractivity contribution >= 4 is 0 Å². The van der Waals surface area contributed by atoms with Crippen LogP contribution in [-0.4, -0.2) is 13.1 Å². The van der Waals surface area contributed by atoms with E-state index in [0.29, 0.717) is 0 Å². The van der Waals surface area contributed by atoms with Gasteiger partial charge in [-0.25, -0.2) is 0 Å². The Morgan fingerprint density at radius 2 is 1.83 bits per heavy atom. The molecule has 2 rings (SSSR count). The minimum atomic E-state index is 0.915. The molecule has 0 bridgehead atoms. The SMILES string of the molecule is CC1CCC(C=C2CNC2)CC1. The molecule has 1 N–H and O–H groups in total. The van der Waals surface area contributed by atoms with Crippen molar-refractivity contribution < 1.29 is 0 Å². The van der Waals surface area contributed by atoms with Gasteiger partial charge in [0.2, 0.25) is 0 Å². The molecule has 0 spiro atoms. The van der Waals surface area contributed by atoms with Crippen molar-refractivity contribution in [2.75, 3.05) is 13.1 Å². The first kappa shape index (κ1) is 8.31. The fourth-order valence-electron chi connectivity index (χ4n) is 2.17. The molecular formula is C11H19N. The Hall–Kier alpha value is -0.300. The lowest BCUT2D eigenvalue weighted by Crippen LogP contribution is -2.34. The summed E-state index contributed by atoms with van der Waals surface area (Å²) < 4.78 is 0. The Kier molecular flexibility index (Phi) is 2.50. The molecule has 2 aliphatic rings. The molecule has 0 atom stereocenters. The van der Waals surface area contributed by atoms with Gasteiger partial charge in [-0.05, 0) is 30.3 Å². The first-order valence-corrected chi connectivity index (χ1v) is 5.25. The van der Waals surface area contributed by atoms with E-state index >= 15 is 0 Å². The number of hydrogen-bond donors (Lipinski definition) is 1. The number of rotatable bonds is 1. The Labute approximate surface area is 75.2 Å². The van der Waals surface area contributed by atoms with Crippen molar-refractivity contribution in [3.05, 3.63) is 11.6 Å². The van der Waals surface area contributed by atoms with Gasteiger partial charge >= 0.3 is 0 Å². The Balaban J connectivity index is 1.81. The normalized spacial score (nSPS) is 35.9. The van der Waals surface area contributed by atoms with Gasteiger partial charge in [0, 0.05) is 13.1 Å². The molecular weight excluding hydrogens is 146 g/mol. The lowest BCUT2D eigenvalue weighted by molar-refractivity contribution is 0.328. The summed E-state index contributed by atoms with van der Waals surface area (Å²) in [5.41, 5.74) is 1.65. The van der Waals surface area contributed by atoms with Crippen molar-refractivity contribution in [3.8, 4) is 0 Å². The Morgan fingerprint density at radius 3 is 2.33 bits per heavy atom. The third-order valence-corrected chi connectivity index (χ3v) is 3.24. The van der Waals surface area contributed by atoms with E-state index in [2.05, 4.69) is 18.3 Å². The van der Waals surface area contributed by atoms with Crippen LogP contribution in [0.2, 0.25) is 0 Å². The van der Waals surface area contributed by atoms with E-state index < -0.39 is 0 Å². The van der Waals surface area contributed by atoms with Crippen LogP contribution in [0.15, 0.2) is 11.6 Å². The van der Waals surface area contributed by atoms with Gasteiger partial charge in [0.1, 0.15) is 0 Å². The number of hydrogen-bond acceptors (Lipinski definition) is 1.